The van der Waals surface area contributed by atoms with E-state index in [9.17, 15) is 4.79 Å². The van der Waals surface area contributed by atoms with Crippen LogP contribution in [-0.2, 0) is 4.79 Å². The summed E-state index contributed by atoms with van der Waals surface area (Å²) >= 11 is 5.30. The lowest BCUT2D eigenvalue weighted by atomic mass is 9.81. The summed E-state index contributed by atoms with van der Waals surface area (Å²) in [6.07, 6.45) is 4.25. The third kappa shape index (κ3) is 2.52. The predicted octanol–water partition coefficient (Wildman–Crippen LogP) is 4.98. The van der Waals surface area contributed by atoms with Crippen molar-refractivity contribution in [2.24, 2.45) is 0 Å². The molecule has 1 amide bonds. The first kappa shape index (κ1) is 15.3. The highest BCUT2D eigenvalue weighted by molar-refractivity contribution is 9.10. The van der Waals surface area contributed by atoms with Crippen LogP contribution in [0.4, 0.5) is 0 Å². The van der Waals surface area contributed by atoms with E-state index >= 15 is 0 Å². The van der Waals surface area contributed by atoms with Crippen LogP contribution in [0.5, 0.6) is 0 Å². The van der Waals surface area contributed by atoms with Gasteiger partial charge in [0.2, 0.25) is 5.91 Å². The molecular weight excluding hydrogens is 370 g/mol. The minimum Gasteiger partial charge on any atom is -0.335 e. The third-order valence-electron chi connectivity index (χ3n) is 4.95. The van der Waals surface area contributed by atoms with Gasteiger partial charge in [-0.15, -0.1) is 11.8 Å². The number of amides is 1. The molecule has 2 aliphatic rings. The number of nitrogens with zero attached hydrogens (tertiary/aromatic N) is 1. The Morgan fingerprint density at radius 2 is 1.91 bits per heavy atom. The number of hydrogen-bond acceptors (Lipinski definition) is 2. The Labute approximate surface area is 149 Å². The molecule has 2 nitrogen and oxygen atoms in total. The Bertz CT molecular complexity index is 758. The lowest BCUT2D eigenvalue weighted by Crippen LogP contribution is -2.40. The molecule has 0 N–H and O–H groups in total. The topological polar surface area (TPSA) is 20.3 Å². The molecule has 0 radical (unpaired) electrons. The Balaban J connectivity index is 1.86. The van der Waals surface area contributed by atoms with Gasteiger partial charge in [0.25, 0.3) is 0 Å². The number of carbonyl (C=O) groups is 1. The number of hydrogen-bond donors (Lipinski definition) is 0. The molecule has 23 heavy (non-hydrogen) atoms. The van der Waals surface area contributed by atoms with Gasteiger partial charge < -0.3 is 4.90 Å². The fourth-order valence-electron chi connectivity index (χ4n) is 3.87. The summed E-state index contributed by atoms with van der Waals surface area (Å²) in [5.74, 6) is 0.0859. The van der Waals surface area contributed by atoms with E-state index in [4.69, 9.17) is 0 Å². The number of thioether (sulfide) groups is 1. The highest BCUT2D eigenvalue weighted by Crippen LogP contribution is 2.45. The molecule has 0 aromatic heterocycles. The van der Waals surface area contributed by atoms with Crippen LogP contribution in [0.15, 0.2) is 51.8 Å². The first-order chi connectivity index (χ1) is 11.2. The molecule has 118 valence electrons. The molecule has 0 saturated carbocycles. The highest BCUT2D eigenvalue weighted by Gasteiger charge is 2.42. The largest absolute Gasteiger partial charge is 0.335 e. The molecule has 2 aromatic rings. The SMILES string of the molecule is CSc1ccc([C@H]2C(=O)N3CCC[C@@H]3c3ccc(Br)cc32)cc1. The molecule has 4 rings (SSSR count). The molecule has 0 bridgehead atoms. The summed E-state index contributed by atoms with van der Waals surface area (Å²) in [6, 6.07) is 15.1. The molecule has 0 aliphatic carbocycles. The second-order valence-electron chi connectivity index (χ2n) is 6.17. The van der Waals surface area contributed by atoms with E-state index in [1.54, 1.807) is 11.8 Å². The van der Waals surface area contributed by atoms with E-state index in [-0.39, 0.29) is 17.9 Å². The zero-order chi connectivity index (χ0) is 16.0. The Morgan fingerprint density at radius 3 is 2.65 bits per heavy atom. The van der Waals surface area contributed by atoms with Crippen LogP contribution in [0.1, 0.15) is 41.5 Å². The van der Waals surface area contributed by atoms with Crippen LogP contribution in [-0.4, -0.2) is 23.6 Å². The van der Waals surface area contributed by atoms with Crippen LogP contribution in [0.2, 0.25) is 0 Å². The number of fused-ring (bicyclic) bond motifs is 3. The molecule has 2 heterocycles. The van der Waals surface area contributed by atoms with Gasteiger partial charge in [-0.1, -0.05) is 34.1 Å². The molecule has 2 aliphatic heterocycles. The lowest BCUT2D eigenvalue weighted by molar-refractivity contribution is -0.133. The summed E-state index contributed by atoms with van der Waals surface area (Å²) in [6.45, 7) is 0.887. The van der Waals surface area contributed by atoms with Crippen molar-refractivity contribution < 1.29 is 4.79 Å². The maximum Gasteiger partial charge on any atom is 0.235 e. The first-order valence-corrected chi connectivity index (χ1v) is 9.94. The van der Waals surface area contributed by atoms with E-state index in [1.165, 1.54) is 16.0 Å². The predicted molar refractivity (Wildman–Crippen MR) is 97.9 cm³/mol. The van der Waals surface area contributed by atoms with Gasteiger partial charge in [0.15, 0.2) is 0 Å². The van der Waals surface area contributed by atoms with E-state index < -0.39 is 0 Å². The smallest absolute Gasteiger partial charge is 0.235 e. The number of benzene rings is 2. The maximum atomic E-state index is 13.1. The Kier molecular flexibility index (Phi) is 3.98. The fraction of sp³-hybridized carbons (Fsp3) is 0.316. The van der Waals surface area contributed by atoms with E-state index in [2.05, 4.69) is 69.6 Å². The third-order valence-corrected chi connectivity index (χ3v) is 6.19. The Hall–Kier alpha value is -1.26. The van der Waals surface area contributed by atoms with Crippen LogP contribution in [0, 0.1) is 0 Å². The van der Waals surface area contributed by atoms with Crippen molar-refractivity contribution in [1.82, 2.24) is 4.90 Å². The molecule has 1 saturated heterocycles. The molecule has 1 fully saturated rings. The van der Waals surface area contributed by atoms with Crippen molar-refractivity contribution in [3.05, 3.63) is 63.6 Å². The zero-order valence-electron chi connectivity index (χ0n) is 13.0. The number of carbonyl (C=O) groups excluding carboxylic acids is 1. The van der Waals surface area contributed by atoms with Gasteiger partial charge in [-0.05, 0) is 60.1 Å². The van der Waals surface area contributed by atoms with Crippen molar-refractivity contribution in [1.29, 1.82) is 0 Å². The van der Waals surface area contributed by atoms with Crippen molar-refractivity contribution in [3.63, 3.8) is 0 Å². The van der Waals surface area contributed by atoms with Gasteiger partial charge in [0, 0.05) is 15.9 Å². The monoisotopic (exact) mass is 387 g/mol. The first-order valence-electron chi connectivity index (χ1n) is 7.93. The van der Waals surface area contributed by atoms with Gasteiger partial charge in [-0.2, -0.15) is 0 Å². The summed E-state index contributed by atoms with van der Waals surface area (Å²) in [4.78, 5) is 16.5. The van der Waals surface area contributed by atoms with Gasteiger partial charge in [-0.25, -0.2) is 0 Å². The van der Waals surface area contributed by atoms with E-state index in [1.807, 2.05) is 0 Å². The van der Waals surface area contributed by atoms with Crippen LogP contribution < -0.4 is 0 Å². The maximum absolute atomic E-state index is 13.1. The molecule has 0 spiro atoms. The quantitative estimate of drug-likeness (QED) is 0.677. The second kappa shape index (κ2) is 5.99. The fourth-order valence-corrected chi connectivity index (χ4v) is 4.66. The van der Waals surface area contributed by atoms with Crippen LogP contribution in [0.3, 0.4) is 0 Å². The molecule has 2 atom stereocenters. The van der Waals surface area contributed by atoms with Gasteiger partial charge in [0.05, 0.1) is 12.0 Å². The van der Waals surface area contributed by atoms with Gasteiger partial charge in [0.1, 0.15) is 0 Å². The van der Waals surface area contributed by atoms with Crippen molar-refractivity contribution >= 4 is 33.6 Å². The Morgan fingerprint density at radius 1 is 1.13 bits per heavy atom. The molecular formula is C19H18BrNOS. The average molecular weight is 388 g/mol. The average Bonchev–Trinajstić information content (AvgIpc) is 3.05. The van der Waals surface area contributed by atoms with Crippen LogP contribution in [0.25, 0.3) is 0 Å². The standard InChI is InChI=1S/C19H18BrNOS/c1-23-14-7-4-12(5-8-14)18-16-11-13(20)6-9-15(16)17-3-2-10-21(17)19(18)22/h4-9,11,17-18H,2-3,10H2,1H3/t17-,18-/m1/s1. The summed E-state index contributed by atoms with van der Waals surface area (Å²) in [5.41, 5.74) is 3.59. The minimum absolute atomic E-state index is 0.173. The molecule has 0 unspecified atom stereocenters. The van der Waals surface area contributed by atoms with E-state index in [0.717, 1.165) is 29.4 Å². The van der Waals surface area contributed by atoms with Crippen molar-refractivity contribution in [3.8, 4) is 0 Å². The molecule has 2 aromatic carbocycles. The zero-order valence-corrected chi connectivity index (χ0v) is 15.4. The summed E-state index contributed by atoms with van der Waals surface area (Å²) in [7, 11) is 0. The van der Waals surface area contributed by atoms with Crippen LogP contribution >= 0.6 is 27.7 Å². The summed E-state index contributed by atoms with van der Waals surface area (Å²) < 4.78 is 1.04. The lowest BCUT2D eigenvalue weighted by Gasteiger charge is -2.37. The second-order valence-corrected chi connectivity index (χ2v) is 7.96. The number of rotatable bonds is 2. The van der Waals surface area contributed by atoms with Crippen molar-refractivity contribution in [2.45, 2.75) is 29.7 Å². The highest BCUT2D eigenvalue weighted by atomic mass is 79.9. The normalized spacial score (nSPS) is 22.9. The van der Waals surface area contributed by atoms with Gasteiger partial charge >= 0.3 is 0 Å². The number of halogens is 1. The van der Waals surface area contributed by atoms with E-state index in [0.29, 0.717) is 0 Å². The summed E-state index contributed by atoms with van der Waals surface area (Å²) in [5, 5.41) is 0. The van der Waals surface area contributed by atoms with Gasteiger partial charge in [-0.3, -0.25) is 4.79 Å². The minimum atomic E-state index is -0.173. The van der Waals surface area contributed by atoms with Crippen molar-refractivity contribution in [2.75, 3.05) is 12.8 Å². The molecule has 4 heteroatoms.